The van der Waals surface area contributed by atoms with E-state index in [2.05, 4.69) is 4.72 Å². The van der Waals surface area contributed by atoms with Crippen LogP contribution in [0.2, 0.25) is 0 Å². The van der Waals surface area contributed by atoms with Crippen LogP contribution in [0, 0.1) is 12.3 Å². The van der Waals surface area contributed by atoms with Crippen molar-refractivity contribution in [3.63, 3.8) is 0 Å². The molecule has 2 fully saturated rings. The Balaban J connectivity index is 1.75. The summed E-state index contributed by atoms with van der Waals surface area (Å²) in [4.78, 5) is 0.313. The molecule has 1 N–H and O–H groups in total. The van der Waals surface area contributed by atoms with Crippen molar-refractivity contribution < 1.29 is 17.9 Å². The van der Waals surface area contributed by atoms with E-state index in [0.29, 0.717) is 11.5 Å². The molecular formula is C17H25NO4S. The average molecular weight is 339 g/mol. The minimum absolute atomic E-state index is 0.0308. The highest BCUT2D eigenvalue weighted by Crippen LogP contribution is 2.49. The van der Waals surface area contributed by atoms with Gasteiger partial charge in [-0.25, -0.2) is 13.1 Å². The van der Waals surface area contributed by atoms with E-state index in [9.17, 15) is 8.42 Å². The molecular weight excluding hydrogens is 314 g/mol. The van der Waals surface area contributed by atoms with Crippen LogP contribution in [0.5, 0.6) is 5.75 Å². The van der Waals surface area contributed by atoms with Crippen molar-refractivity contribution in [3.8, 4) is 5.75 Å². The molecule has 0 radical (unpaired) electrons. The molecule has 23 heavy (non-hydrogen) atoms. The van der Waals surface area contributed by atoms with Gasteiger partial charge in [0.25, 0.3) is 0 Å². The van der Waals surface area contributed by atoms with Gasteiger partial charge in [0, 0.05) is 19.3 Å². The number of rotatable bonds is 5. The summed E-state index contributed by atoms with van der Waals surface area (Å²) < 4.78 is 39.2. The van der Waals surface area contributed by atoms with E-state index >= 15 is 0 Å². The van der Waals surface area contributed by atoms with Crippen molar-refractivity contribution >= 4 is 10.0 Å². The summed E-state index contributed by atoms with van der Waals surface area (Å²) in [5.74, 6) is 0.732. The average Bonchev–Trinajstić information content (AvgIpc) is 2.54. The molecule has 1 aromatic rings. The highest BCUT2D eigenvalue weighted by molar-refractivity contribution is 7.89. The Morgan fingerprint density at radius 2 is 2.04 bits per heavy atom. The Kier molecular flexibility index (Phi) is 4.67. The molecule has 1 heterocycles. The van der Waals surface area contributed by atoms with E-state index in [1.54, 1.807) is 18.2 Å². The molecule has 128 valence electrons. The molecule has 1 aliphatic carbocycles. The molecule has 1 spiro atoms. The van der Waals surface area contributed by atoms with Gasteiger partial charge < -0.3 is 9.47 Å². The number of nitrogens with one attached hydrogen (secondary N) is 1. The second-order valence-electron chi connectivity index (χ2n) is 6.55. The maximum Gasteiger partial charge on any atom is 0.240 e. The second-order valence-corrected chi connectivity index (χ2v) is 8.26. The lowest BCUT2D eigenvalue weighted by Gasteiger charge is -2.51. The number of sulfonamides is 1. The van der Waals surface area contributed by atoms with Gasteiger partial charge in [-0.2, -0.15) is 0 Å². The Labute approximate surface area is 138 Å². The minimum Gasteiger partial charge on any atom is -0.494 e. The van der Waals surface area contributed by atoms with Crippen LogP contribution < -0.4 is 9.46 Å². The zero-order valence-corrected chi connectivity index (χ0v) is 14.6. The predicted molar refractivity (Wildman–Crippen MR) is 88.2 cm³/mol. The SMILES string of the molecule is CCOc1ccc(S(=O)(=O)NC2CCC23CCOCC3)cc1C. The summed E-state index contributed by atoms with van der Waals surface area (Å²) >= 11 is 0. The third-order valence-corrected chi connectivity index (χ3v) is 6.68. The monoisotopic (exact) mass is 339 g/mol. The zero-order chi connectivity index (χ0) is 16.5. The number of ether oxygens (including phenoxy) is 2. The van der Waals surface area contributed by atoms with E-state index in [0.717, 1.165) is 50.2 Å². The Hall–Kier alpha value is -1.11. The first-order valence-corrected chi connectivity index (χ1v) is 9.79. The van der Waals surface area contributed by atoms with Crippen molar-refractivity contribution in [2.45, 2.75) is 50.5 Å². The van der Waals surface area contributed by atoms with Crippen molar-refractivity contribution in [3.05, 3.63) is 23.8 Å². The van der Waals surface area contributed by atoms with Crippen LogP contribution >= 0.6 is 0 Å². The van der Waals surface area contributed by atoms with Gasteiger partial charge in [-0.15, -0.1) is 0 Å². The summed E-state index contributed by atoms with van der Waals surface area (Å²) in [6.45, 7) is 5.82. The normalized spacial score (nSPS) is 23.5. The van der Waals surface area contributed by atoms with Crippen molar-refractivity contribution in [1.29, 1.82) is 0 Å². The van der Waals surface area contributed by atoms with Gasteiger partial charge in [0.05, 0.1) is 11.5 Å². The minimum atomic E-state index is -3.50. The summed E-state index contributed by atoms with van der Waals surface area (Å²) in [5.41, 5.74) is 0.940. The predicted octanol–water partition coefficient (Wildman–Crippen LogP) is 2.63. The van der Waals surface area contributed by atoms with E-state index in [1.807, 2.05) is 13.8 Å². The molecule has 3 rings (SSSR count). The standard InChI is InChI=1S/C17H25NO4S/c1-3-22-15-5-4-14(12-13(15)2)23(19,20)18-16-6-7-17(16)8-10-21-11-9-17/h4-5,12,16,18H,3,6-11H2,1-2H3. The molecule has 1 atom stereocenters. The van der Waals surface area contributed by atoms with Gasteiger partial charge in [-0.1, -0.05) is 0 Å². The quantitative estimate of drug-likeness (QED) is 0.896. The summed E-state index contributed by atoms with van der Waals surface area (Å²) in [7, 11) is -3.50. The largest absolute Gasteiger partial charge is 0.494 e. The summed E-state index contributed by atoms with van der Waals surface area (Å²) in [6.07, 6.45) is 3.89. The Morgan fingerprint density at radius 3 is 2.61 bits per heavy atom. The topological polar surface area (TPSA) is 64.6 Å². The molecule has 5 nitrogen and oxygen atoms in total. The van der Waals surface area contributed by atoms with E-state index < -0.39 is 10.0 Å². The van der Waals surface area contributed by atoms with Gasteiger partial charge in [-0.3, -0.25) is 0 Å². The van der Waals surface area contributed by atoms with E-state index in [1.165, 1.54) is 0 Å². The molecule has 1 saturated heterocycles. The third-order valence-electron chi connectivity index (χ3n) is 5.21. The maximum absolute atomic E-state index is 12.7. The smallest absolute Gasteiger partial charge is 0.240 e. The van der Waals surface area contributed by atoms with Crippen LogP contribution in [0.4, 0.5) is 0 Å². The number of hydrogen-bond acceptors (Lipinski definition) is 4. The van der Waals surface area contributed by atoms with Crippen LogP contribution in [0.25, 0.3) is 0 Å². The molecule has 2 aliphatic rings. The van der Waals surface area contributed by atoms with E-state index in [-0.39, 0.29) is 11.5 Å². The first-order valence-electron chi connectivity index (χ1n) is 8.30. The molecule has 0 bridgehead atoms. The van der Waals surface area contributed by atoms with Crippen LogP contribution in [-0.4, -0.2) is 34.3 Å². The van der Waals surface area contributed by atoms with Gasteiger partial charge in [-0.05, 0) is 68.7 Å². The van der Waals surface area contributed by atoms with Gasteiger partial charge in [0.1, 0.15) is 5.75 Å². The van der Waals surface area contributed by atoms with Gasteiger partial charge in [0.2, 0.25) is 10.0 Å². The molecule has 0 aromatic heterocycles. The molecule has 0 amide bonds. The van der Waals surface area contributed by atoms with Crippen LogP contribution in [0.3, 0.4) is 0 Å². The van der Waals surface area contributed by atoms with Gasteiger partial charge in [0.15, 0.2) is 0 Å². The van der Waals surface area contributed by atoms with Gasteiger partial charge >= 0.3 is 0 Å². The lowest BCUT2D eigenvalue weighted by molar-refractivity contribution is -0.0483. The molecule has 6 heteroatoms. The van der Waals surface area contributed by atoms with E-state index in [4.69, 9.17) is 9.47 Å². The lowest BCUT2D eigenvalue weighted by Crippen LogP contribution is -2.57. The van der Waals surface area contributed by atoms with Crippen molar-refractivity contribution in [2.75, 3.05) is 19.8 Å². The Bertz CT molecular complexity index is 665. The number of benzene rings is 1. The highest BCUT2D eigenvalue weighted by atomic mass is 32.2. The molecule has 1 aliphatic heterocycles. The number of hydrogen-bond donors (Lipinski definition) is 1. The summed E-state index contributed by atoms with van der Waals surface area (Å²) in [5, 5.41) is 0. The number of aryl methyl sites for hydroxylation is 1. The van der Waals surface area contributed by atoms with Crippen LogP contribution in [0.1, 0.15) is 38.2 Å². The molecule has 1 saturated carbocycles. The maximum atomic E-state index is 12.7. The summed E-state index contributed by atoms with van der Waals surface area (Å²) in [6, 6.07) is 5.07. The lowest BCUT2D eigenvalue weighted by atomic mass is 9.60. The van der Waals surface area contributed by atoms with Crippen LogP contribution in [0.15, 0.2) is 23.1 Å². The highest BCUT2D eigenvalue weighted by Gasteiger charge is 2.48. The fraction of sp³-hybridized carbons (Fsp3) is 0.647. The Morgan fingerprint density at radius 1 is 1.30 bits per heavy atom. The molecule has 1 aromatic carbocycles. The fourth-order valence-electron chi connectivity index (χ4n) is 3.62. The fourth-order valence-corrected chi connectivity index (χ4v) is 5.08. The molecule has 1 unspecified atom stereocenters. The first kappa shape index (κ1) is 16.7. The first-order chi connectivity index (χ1) is 11.0. The zero-order valence-electron chi connectivity index (χ0n) is 13.8. The van der Waals surface area contributed by atoms with Crippen molar-refractivity contribution in [1.82, 2.24) is 4.72 Å². The third kappa shape index (κ3) is 3.25. The van der Waals surface area contributed by atoms with Crippen molar-refractivity contribution in [2.24, 2.45) is 5.41 Å². The second kappa shape index (κ2) is 6.42. The van der Waals surface area contributed by atoms with Crippen LogP contribution in [-0.2, 0) is 14.8 Å².